The molecule has 0 spiro atoms. The molecule has 1 N–H and O–H groups in total. The molecule has 5 nitrogen and oxygen atoms in total. The third-order valence-electron chi connectivity index (χ3n) is 5.77. The van der Waals surface area contributed by atoms with Crippen LogP contribution < -0.4 is 5.32 Å². The predicted molar refractivity (Wildman–Crippen MR) is 119 cm³/mol. The normalized spacial score (nSPS) is 15.5. The molecule has 150 valence electrons. The molecule has 1 aromatic heterocycles. The number of nitrogens with one attached hydrogen (secondary N) is 1. The number of hydrogen-bond acceptors (Lipinski definition) is 4. The van der Waals surface area contributed by atoms with Crippen LogP contribution >= 0.6 is 0 Å². The zero-order valence-corrected chi connectivity index (χ0v) is 16.8. The van der Waals surface area contributed by atoms with Crippen molar-refractivity contribution < 1.29 is 4.79 Å². The molecule has 2 heterocycles. The topological polar surface area (TPSA) is 58.1 Å². The third kappa shape index (κ3) is 4.02. The monoisotopic (exact) mass is 396 g/mol. The van der Waals surface area contributed by atoms with Gasteiger partial charge in [-0.1, -0.05) is 42.5 Å². The number of piperidine rings is 1. The Morgan fingerprint density at radius 2 is 1.47 bits per heavy atom. The van der Waals surface area contributed by atoms with Crippen molar-refractivity contribution in [1.82, 2.24) is 20.2 Å². The summed E-state index contributed by atoms with van der Waals surface area (Å²) in [7, 11) is 0. The van der Waals surface area contributed by atoms with Crippen molar-refractivity contribution in [3.8, 4) is 0 Å². The molecule has 0 radical (unpaired) electrons. The summed E-state index contributed by atoms with van der Waals surface area (Å²) in [5.74, 6) is -0.0339. The number of rotatable bonds is 4. The summed E-state index contributed by atoms with van der Waals surface area (Å²) < 4.78 is 0. The molecule has 1 aliphatic heterocycles. The van der Waals surface area contributed by atoms with Gasteiger partial charge < -0.3 is 5.32 Å². The maximum absolute atomic E-state index is 12.8. The summed E-state index contributed by atoms with van der Waals surface area (Å²) in [6.45, 7) is 2.96. The molecule has 0 atom stereocenters. The molecule has 0 bridgehead atoms. The number of likely N-dealkylation sites (tertiary alicyclic amines) is 1. The van der Waals surface area contributed by atoms with E-state index < -0.39 is 0 Å². The smallest absolute Gasteiger partial charge is 0.251 e. The number of nitrogens with zero attached hydrogens (tertiary/aromatic N) is 3. The Morgan fingerprint density at radius 3 is 2.20 bits per heavy atom. The van der Waals surface area contributed by atoms with Gasteiger partial charge in [-0.3, -0.25) is 9.69 Å². The van der Waals surface area contributed by atoms with Gasteiger partial charge >= 0.3 is 0 Å². The van der Waals surface area contributed by atoms with Crippen LogP contribution in [0.15, 0.2) is 72.8 Å². The number of carbonyl (C=O) groups excluding carboxylic acids is 1. The van der Waals surface area contributed by atoms with Crippen LogP contribution in [0.1, 0.15) is 28.8 Å². The first kappa shape index (κ1) is 18.7. The molecule has 1 fully saturated rings. The summed E-state index contributed by atoms with van der Waals surface area (Å²) in [6, 6.07) is 24.1. The van der Waals surface area contributed by atoms with E-state index in [9.17, 15) is 4.79 Å². The van der Waals surface area contributed by atoms with Crippen molar-refractivity contribution in [3.63, 3.8) is 0 Å². The van der Waals surface area contributed by atoms with Crippen molar-refractivity contribution in [2.45, 2.75) is 25.4 Å². The van der Waals surface area contributed by atoms with Crippen LogP contribution in [-0.2, 0) is 6.54 Å². The average Bonchev–Trinajstić information content (AvgIpc) is 2.79. The maximum Gasteiger partial charge on any atom is 0.251 e. The number of aromatic nitrogens is 2. The van der Waals surface area contributed by atoms with Gasteiger partial charge in [-0.2, -0.15) is 0 Å². The number of hydrogen-bond donors (Lipinski definition) is 1. The second-order valence-electron chi connectivity index (χ2n) is 7.93. The van der Waals surface area contributed by atoms with Gasteiger partial charge in [0.05, 0.1) is 22.1 Å². The Morgan fingerprint density at radius 1 is 0.833 bits per heavy atom. The van der Waals surface area contributed by atoms with Gasteiger partial charge in [-0.25, -0.2) is 9.97 Å². The first-order chi connectivity index (χ1) is 14.7. The van der Waals surface area contributed by atoms with Gasteiger partial charge in [0.15, 0.2) is 0 Å². The molecular weight excluding hydrogens is 372 g/mol. The molecule has 3 aromatic carbocycles. The van der Waals surface area contributed by atoms with Gasteiger partial charge in [0, 0.05) is 31.2 Å². The van der Waals surface area contributed by atoms with Crippen LogP contribution in [0.3, 0.4) is 0 Å². The predicted octanol–water partition coefficient (Wildman–Crippen LogP) is 4.18. The van der Waals surface area contributed by atoms with Crippen LogP contribution in [0.4, 0.5) is 0 Å². The van der Waals surface area contributed by atoms with Gasteiger partial charge in [-0.15, -0.1) is 0 Å². The second kappa shape index (κ2) is 8.20. The number of fused-ring (bicyclic) bond motifs is 2. The van der Waals surface area contributed by atoms with Crippen molar-refractivity contribution in [2.75, 3.05) is 13.1 Å². The Bertz CT molecular complexity index is 1180. The van der Waals surface area contributed by atoms with Crippen LogP contribution in [0.5, 0.6) is 0 Å². The molecule has 1 aliphatic rings. The minimum absolute atomic E-state index is 0.0339. The van der Waals surface area contributed by atoms with E-state index in [0.717, 1.165) is 54.5 Å². The summed E-state index contributed by atoms with van der Waals surface area (Å²) in [5, 5.41) is 3.21. The largest absolute Gasteiger partial charge is 0.349 e. The van der Waals surface area contributed by atoms with Gasteiger partial charge in [0.2, 0.25) is 0 Å². The standard InChI is InChI=1S/C25H24N4O/c30-25(26-20-12-14-29(15-13-20)17-18-6-2-1-3-7-18)19-10-11-23-24(16-19)28-22-9-5-4-8-21(22)27-23/h1-11,16,20H,12-15,17H2,(H,26,30). The minimum atomic E-state index is -0.0339. The van der Waals surface area contributed by atoms with Crippen LogP contribution in [0.25, 0.3) is 22.1 Å². The van der Waals surface area contributed by atoms with Crippen molar-refractivity contribution >= 4 is 28.0 Å². The van der Waals surface area contributed by atoms with E-state index in [2.05, 4.69) is 44.5 Å². The second-order valence-corrected chi connectivity index (χ2v) is 7.93. The van der Waals surface area contributed by atoms with Crippen molar-refractivity contribution in [3.05, 3.63) is 83.9 Å². The van der Waals surface area contributed by atoms with E-state index in [-0.39, 0.29) is 11.9 Å². The summed E-state index contributed by atoms with van der Waals surface area (Å²) in [6.07, 6.45) is 1.94. The van der Waals surface area contributed by atoms with E-state index in [4.69, 9.17) is 0 Å². The Hall–Kier alpha value is -3.31. The highest BCUT2D eigenvalue weighted by atomic mass is 16.1. The van der Waals surface area contributed by atoms with Crippen molar-refractivity contribution in [1.29, 1.82) is 0 Å². The number of amides is 1. The number of benzene rings is 3. The lowest BCUT2D eigenvalue weighted by atomic mass is 10.0. The zero-order chi connectivity index (χ0) is 20.3. The lowest BCUT2D eigenvalue weighted by Crippen LogP contribution is -2.44. The molecule has 30 heavy (non-hydrogen) atoms. The van der Waals surface area contributed by atoms with Gasteiger partial charge in [0.1, 0.15) is 0 Å². The van der Waals surface area contributed by atoms with Crippen molar-refractivity contribution in [2.24, 2.45) is 0 Å². The number of carbonyl (C=O) groups is 1. The first-order valence-electron chi connectivity index (χ1n) is 10.5. The van der Waals surface area contributed by atoms with E-state index in [1.165, 1.54) is 5.56 Å². The highest BCUT2D eigenvalue weighted by Crippen LogP contribution is 2.18. The molecule has 1 saturated heterocycles. The fourth-order valence-electron chi connectivity index (χ4n) is 4.11. The van der Waals surface area contributed by atoms with Crippen LogP contribution in [0.2, 0.25) is 0 Å². The molecule has 4 aromatic rings. The Kier molecular flexibility index (Phi) is 5.11. The summed E-state index contributed by atoms with van der Waals surface area (Å²) in [4.78, 5) is 24.6. The lowest BCUT2D eigenvalue weighted by molar-refractivity contribution is 0.0909. The van der Waals surface area contributed by atoms with Gasteiger partial charge in [-0.05, 0) is 48.7 Å². The highest BCUT2D eigenvalue weighted by molar-refractivity contribution is 5.98. The third-order valence-corrected chi connectivity index (χ3v) is 5.77. The molecule has 0 saturated carbocycles. The highest BCUT2D eigenvalue weighted by Gasteiger charge is 2.21. The Labute approximate surface area is 175 Å². The molecular formula is C25H24N4O. The van der Waals surface area contributed by atoms with E-state index >= 15 is 0 Å². The SMILES string of the molecule is O=C(NC1CCN(Cc2ccccc2)CC1)c1ccc2nc3ccccc3nc2c1. The molecule has 0 aliphatic carbocycles. The van der Waals surface area contributed by atoms with Crippen LogP contribution in [-0.4, -0.2) is 39.9 Å². The molecule has 1 amide bonds. The fraction of sp³-hybridized carbons (Fsp3) is 0.240. The first-order valence-corrected chi connectivity index (χ1v) is 10.5. The maximum atomic E-state index is 12.8. The lowest BCUT2D eigenvalue weighted by Gasteiger charge is -2.32. The summed E-state index contributed by atoms with van der Waals surface area (Å²) in [5.41, 5.74) is 5.24. The minimum Gasteiger partial charge on any atom is -0.349 e. The van der Waals surface area contributed by atoms with E-state index in [1.54, 1.807) is 0 Å². The summed E-state index contributed by atoms with van der Waals surface area (Å²) >= 11 is 0. The molecule has 0 unspecified atom stereocenters. The number of para-hydroxylation sites is 2. The zero-order valence-electron chi connectivity index (χ0n) is 16.8. The Balaban J connectivity index is 1.23. The molecule has 5 heteroatoms. The fourth-order valence-corrected chi connectivity index (χ4v) is 4.11. The quantitative estimate of drug-likeness (QED) is 0.526. The van der Waals surface area contributed by atoms with E-state index in [1.807, 2.05) is 48.5 Å². The van der Waals surface area contributed by atoms with Gasteiger partial charge in [0.25, 0.3) is 5.91 Å². The van der Waals surface area contributed by atoms with E-state index in [0.29, 0.717) is 5.56 Å². The molecule has 5 rings (SSSR count). The van der Waals surface area contributed by atoms with Crippen LogP contribution in [0, 0.1) is 0 Å². The average molecular weight is 396 g/mol.